The lowest BCUT2D eigenvalue weighted by Crippen LogP contribution is -2.53. The van der Waals surface area contributed by atoms with Crippen LogP contribution in [0.3, 0.4) is 0 Å². The Morgan fingerprint density at radius 3 is 2.35 bits per heavy atom. The minimum absolute atomic E-state index is 0.00332. The minimum Gasteiger partial charge on any atom is -0.466 e. The van der Waals surface area contributed by atoms with E-state index in [0.717, 1.165) is 55.4 Å². The molecule has 0 saturated carbocycles. The zero-order valence-electron chi connectivity index (χ0n) is 23.1. The molecule has 0 bridgehead atoms. The standard InChI is InChI=1S/C31H36F3N3O3/c1-4-40-29(38)18-27-21-36(19-23-11-13-35-14-12-23)15-16-37(27)20-24-5-10-28(22(2)17-24)25-6-8-26(9-7-25)30(3,39)31(32,33)34/h5-14,17,27,39H,4,15-16,18-21H2,1-3H3/t27-,30?/m1/s1. The molecule has 3 aromatic rings. The van der Waals surface area contributed by atoms with Crippen LogP contribution in [0.4, 0.5) is 13.2 Å². The van der Waals surface area contributed by atoms with Crippen LogP contribution in [0.1, 0.15) is 42.5 Å². The van der Waals surface area contributed by atoms with Crippen LogP contribution in [-0.4, -0.2) is 64.3 Å². The number of esters is 1. The SMILES string of the molecule is CCOC(=O)C[C@@H]1CN(Cc2ccncc2)CCN1Cc1ccc(-c2ccc(C(C)(O)C(F)(F)F)cc2)c(C)c1. The zero-order chi connectivity index (χ0) is 28.9. The highest BCUT2D eigenvalue weighted by molar-refractivity contribution is 5.70. The van der Waals surface area contributed by atoms with E-state index in [0.29, 0.717) is 19.6 Å². The van der Waals surface area contributed by atoms with E-state index in [2.05, 4.69) is 20.9 Å². The van der Waals surface area contributed by atoms with Crippen molar-refractivity contribution in [2.45, 2.75) is 58.1 Å². The number of hydrogen-bond donors (Lipinski definition) is 1. The smallest absolute Gasteiger partial charge is 0.421 e. The van der Waals surface area contributed by atoms with Crippen LogP contribution >= 0.6 is 0 Å². The third-order valence-electron chi connectivity index (χ3n) is 7.54. The molecule has 9 heteroatoms. The fraction of sp³-hybridized carbons (Fsp3) is 0.419. The number of ether oxygens (including phenoxy) is 1. The maximum atomic E-state index is 13.2. The summed E-state index contributed by atoms with van der Waals surface area (Å²) in [4.78, 5) is 21.2. The molecule has 1 unspecified atom stereocenters. The van der Waals surface area contributed by atoms with Gasteiger partial charge in [0.1, 0.15) is 0 Å². The van der Waals surface area contributed by atoms with Crippen LogP contribution in [-0.2, 0) is 28.2 Å². The van der Waals surface area contributed by atoms with Gasteiger partial charge in [0.2, 0.25) is 0 Å². The molecule has 1 fully saturated rings. The zero-order valence-corrected chi connectivity index (χ0v) is 23.1. The molecule has 2 atom stereocenters. The van der Waals surface area contributed by atoms with Crippen molar-refractivity contribution in [2.24, 2.45) is 0 Å². The Labute approximate surface area is 233 Å². The van der Waals surface area contributed by atoms with Gasteiger partial charge in [0, 0.05) is 51.2 Å². The number of benzene rings is 2. The second-order valence-corrected chi connectivity index (χ2v) is 10.5. The van der Waals surface area contributed by atoms with Crippen molar-refractivity contribution in [3.05, 3.63) is 89.2 Å². The van der Waals surface area contributed by atoms with Gasteiger partial charge in [-0.15, -0.1) is 0 Å². The van der Waals surface area contributed by atoms with Crippen LogP contribution in [0.15, 0.2) is 67.0 Å². The van der Waals surface area contributed by atoms with Crippen LogP contribution in [0.25, 0.3) is 11.1 Å². The maximum Gasteiger partial charge on any atom is 0.421 e. The van der Waals surface area contributed by atoms with Gasteiger partial charge in [-0.2, -0.15) is 13.2 Å². The van der Waals surface area contributed by atoms with E-state index in [1.807, 2.05) is 38.1 Å². The number of pyridine rings is 1. The highest BCUT2D eigenvalue weighted by Gasteiger charge is 2.51. The van der Waals surface area contributed by atoms with Gasteiger partial charge in [0.25, 0.3) is 0 Å². The van der Waals surface area contributed by atoms with E-state index in [1.165, 1.54) is 17.7 Å². The van der Waals surface area contributed by atoms with Gasteiger partial charge in [-0.1, -0.05) is 42.5 Å². The van der Waals surface area contributed by atoms with E-state index in [1.54, 1.807) is 24.5 Å². The normalized spacial score (nSPS) is 18.3. The highest BCUT2D eigenvalue weighted by Crippen LogP contribution is 2.39. The summed E-state index contributed by atoms with van der Waals surface area (Å²) in [6.45, 7) is 8.76. The van der Waals surface area contributed by atoms with Gasteiger partial charge in [-0.05, 0) is 66.3 Å². The van der Waals surface area contributed by atoms with Crippen molar-refractivity contribution >= 4 is 5.97 Å². The monoisotopic (exact) mass is 555 g/mol. The van der Waals surface area contributed by atoms with Crippen LogP contribution in [0.5, 0.6) is 0 Å². The molecule has 1 aliphatic heterocycles. The second-order valence-electron chi connectivity index (χ2n) is 10.5. The number of alkyl halides is 3. The molecule has 0 aliphatic carbocycles. The largest absolute Gasteiger partial charge is 0.466 e. The van der Waals surface area contributed by atoms with Crippen molar-refractivity contribution in [2.75, 3.05) is 26.2 Å². The molecular weight excluding hydrogens is 519 g/mol. The quantitative estimate of drug-likeness (QED) is 0.354. The first kappa shape index (κ1) is 29.7. The van der Waals surface area contributed by atoms with Crippen LogP contribution in [0, 0.1) is 6.92 Å². The molecule has 0 radical (unpaired) electrons. The molecule has 1 aliphatic rings. The predicted molar refractivity (Wildman–Crippen MR) is 147 cm³/mol. The Bertz CT molecular complexity index is 1280. The van der Waals surface area contributed by atoms with E-state index >= 15 is 0 Å². The van der Waals surface area contributed by atoms with Crippen LogP contribution in [0.2, 0.25) is 0 Å². The number of nitrogens with zero attached hydrogens (tertiary/aromatic N) is 3. The number of halogens is 3. The van der Waals surface area contributed by atoms with Gasteiger partial charge in [-0.25, -0.2) is 0 Å². The topological polar surface area (TPSA) is 65.9 Å². The second kappa shape index (κ2) is 12.5. The number of carbonyl (C=O) groups is 1. The summed E-state index contributed by atoms with van der Waals surface area (Å²) < 4.78 is 44.9. The first-order valence-electron chi connectivity index (χ1n) is 13.5. The molecule has 214 valence electrons. The molecule has 1 aromatic heterocycles. The van der Waals surface area contributed by atoms with Gasteiger partial charge in [-0.3, -0.25) is 19.6 Å². The Morgan fingerprint density at radius 1 is 1.02 bits per heavy atom. The molecular formula is C31H36F3N3O3. The molecule has 40 heavy (non-hydrogen) atoms. The van der Waals surface area contributed by atoms with E-state index in [4.69, 9.17) is 4.74 Å². The summed E-state index contributed by atoms with van der Waals surface area (Å²) >= 11 is 0. The van der Waals surface area contributed by atoms with Gasteiger partial charge < -0.3 is 9.84 Å². The number of rotatable bonds is 9. The Morgan fingerprint density at radius 2 is 1.73 bits per heavy atom. The van der Waals surface area contributed by atoms with E-state index in [9.17, 15) is 23.1 Å². The molecule has 4 rings (SSSR count). The number of piperazine rings is 1. The van der Waals surface area contributed by atoms with Crippen LogP contribution < -0.4 is 0 Å². The third-order valence-corrected chi connectivity index (χ3v) is 7.54. The third kappa shape index (κ3) is 7.08. The molecule has 1 N–H and O–H groups in total. The fourth-order valence-corrected chi connectivity index (χ4v) is 5.18. The Hall–Kier alpha value is -3.27. The van der Waals surface area contributed by atoms with Crippen molar-refractivity contribution in [3.8, 4) is 11.1 Å². The molecule has 1 saturated heterocycles. The maximum absolute atomic E-state index is 13.2. The van der Waals surface area contributed by atoms with Crippen molar-refractivity contribution in [3.63, 3.8) is 0 Å². The number of aromatic nitrogens is 1. The molecule has 0 spiro atoms. The summed E-state index contributed by atoms with van der Waals surface area (Å²) in [5, 5.41) is 9.96. The lowest BCUT2D eigenvalue weighted by molar-refractivity contribution is -0.258. The summed E-state index contributed by atoms with van der Waals surface area (Å²) in [7, 11) is 0. The lowest BCUT2D eigenvalue weighted by atomic mass is 9.92. The summed E-state index contributed by atoms with van der Waals surface area (Å²) in [6.07, 6.45) is -0.879. The summed E-state index contributed by atoms with van der Waals surface area (Å²) in [6, 6.07) is 15.9. The molecule has 2 aromatic carbocycles. The first-order chi connectivity index (χ1) is 19.0. The molecule has 6 nitrogen and oxygen atoms in total. The summed E-state index contributed by atoms with van der Waals surface area (Å²) in [5.74, 6) is -0.206. The Kier molecular flexibility index (Phi) is 9.28. The van der Waals surface area contributed by atoms with Gasteiger partial charge >= 0.3 is 12.1 Å². The number of hydrogen-bond acceptors (Lipinski definition) is 6. The average molecular weight is 556 g/mol. The fourth-order valence-electron chi connectivity index (χ4n) is 5.18. The number of aliphatic hydroxyl groups is 1. The first-order valence-corrected chi connectivity index (χ1v) is 13.5. The number of carbonyl (C=O) groups excluding carboxylic acids is 1. The highest BCUT2D eigenvalue weighted by atomic mass is 19.4. The van der Waals surface area contributed by atoms with Gasteiger partial charge in [0.15, 0.2) is 5.60 Å². The van der Waals surface area contributed by atoms with Crippen molar-refractivity contribution < 1.29 is 27.8 Å². The minimum atomic E-state index is -4.76. The van der Waals surface area contributed by atoms with Crippen molar-refractivity contribution in [1.29, 1.82) is 0 Å². The van der Waals surface area contributed by atoms with E-state index < -0.39 is 11.8 Å². The molecule has 2 heterocycles. The predicted octanol–water partition coefficient (Wildman–Crippen LogP) is 5.47. The lowest BCUT2D eigenvalue weighted by Gasteiger charge is -2.41. The van der Waals surface area contributed by atoms with Gasteiger partial charge in [0.05, 0.1) is 13.0 Å². The Balaban J connectivity index is 1.47. The van der Waals surface area contributed by atoms with Crippen molar-refractivity contribution in [1.82, 2.24) is 14.8 Å². The molecule has 0 amide bonds. The average Bonchev–Trinajstić information content (AvgIpc) is 2.90. The summed E-state index contributed by atoms with van der Waals surface area (Å²) in [5.41, 5.74) is 1.84. The van der Waals surface area contributed by atoms with E-state index in [-0.39, 0.29) is 17.6 Å². The number of aryl methyl sites for hydroxylation is 1.